The summed E-state index contributed by atoms with van der Waals surface area (Å²) in [6.07, 6.45) is 1.53. The molecule has 0 saturated carbocycles. The van der Waals surface area contributed by atoms with Crippen molar-refractivity contribution >= 4 is 28.3 Å². The molecule has 1 amide bonds. The number of hydrogen-bond donors (Lipinski definition) is 2. The molecule has 6 nitrogen and oxygen atoms in total. The molecule has 1 heterocycles. The number of amides is 1. The van der Waals surface area contributed by atoms with Gasteiger partial charge in [-0.25, -0.2) is 0 Å². The van der Waals surface area contributed by atoms with Crippen molar-refractivity contribution in [1.29, 1.82) is 0 Å². The molecular weight excluding hydrogens is 246 g/mol. The fourth-order valence-electron chi connectivity index (χ4n) is 1.68. The number of nitrogens with zero attached hydrogens (tertiary/aromatic N) is 1. The largest absolute Gasteiger partial charge is 0.468 e. The standard InChI is InChI=1S/C13H13N3O3/c1-19-11(17)7-16-13(18)12-10-6-9(14)3-2-8(10)4-5-15-12/h2-6H,7,14H2,1H3,(H,16,18). The molecule has 0 aliphatic heterocycles. The number of nitrogen functional groups attached to an aromatic ring is 1. The van der Waals surface area contributed by atoms with Gasteiger partial charge in [-0.3, -0.25) is 14.6 Å². The maximum absolute atomic E-state index is 12.0. The van der Waals surface area contributed by atoms with Crippen LogP contribution in [0.15, 0.2) is 30.5 Å². The lowest BCUT2D eigenvalue weighted by atomic mass is 10.1. The SMILES string of the molecule is COC(=O)CNC(=O)c1nccc2ccc(N)cc12. The quantitative estimate of drug-likeness (QED) is 0.625. The highest BCUT2D eigenvalue weighted by molar-refractivity contribution is 6.06. The van der Waals surface area contributed by atoms with E-state index in [4.69, 9.17) is 5.73 Å². The fraction of sp³-hybridized carbons (Fsp3) is 0.154. The van der Waals surface area contributed by atoms with Crippen molar-refractivity contribution < 1.29 is 14.3 Å². The number of hydrogen-bond acceptors (Lipinski definition) is 5. The van der Waals surface area contributed by atoms with Gasteiger partial charge in [0.05, 0.1) is 7.11 Å². The Morgan fingerprint density at radius 2 is 2.16 bits per heavy atom. The van der Waals surface area contributed by atoms with Gasteiger partial charge in [-0.15, -0.1) is 0 Å². The van der Waals surface area contributed by atoms with Crippen molar-refractivity contribution in [3.8, 4) is 0 Å². The van der Waals surface area contributed by atoms with E-state index in [1.807, 2.05) is 6.07 Å². The lowest BCUT2D eigenvalue weighted by Gasteiger charge is -2.07. The van der Waals surface area contributed by atoms with Crippen LogP contribution < -0.4 is 11.1 Å². The normalized spacial score (nSPS) is 10.2. The third kappa shape index (κ3) is 2.79. The van der Waals surface area contributed by atoms with Crippen LogP contribution in [0.1, 0.15) is 10.5 Å². The van der Waals surface area contributed by atoms with E-state index in [0.29, 0.717) is 11.1 Å². The molecule has 1 aromatic heterocycles. The third-order valence-corrected chi connectivity index (χ3v) is 2.63. The van der Waals surface area contributed by atoms with Gasteiger partial charge in [-0.1, -0.05) is 6.07 Å². The molecule has 0 atom stereocenters. The van der Waals surface area contributed by atoms with Crippen molar-refractivity contribution in [1.82, 2.24) is 10.3 Å². The Morgan fingerprint density at radius 3 is 2.89 bits per heavy atom. The summed E-state index contributed by atoms with van der Waals surface area (Å²) >= 11 is 0. The molecule has 6 heteroatoms. The average molecular weight is 259 g/mol. The first kappa shape index (κ1) is 12.8. The number of nitrogens with one attached hydrogen (secondary N) is 1. The van der Waals surface area contributed by atoms with E-state index in [9.17, 15) is 9.59 Å². The van der Waals surface area contributed by atoms with Crippen LogP contribution in [0.2, 0.25) is 0 Å². The molecule has 0 saturated heterocycles. The zero-order valence-electron chi connectivity index (χ0n) is 10.3. The molecule has 0 aliphatic carbocycles. The molecule has 0 radical (unpaired) electrons. The van der Waals surface area contributed by atoms with E-state index in [0.717, 1.165) is 5.39 Å². The number of carbonyl (C=O) groups is 2. The minimum atomic E-state index is -0.520. The first-order valence-electron chi connectivity index (χ1n) is 5.61. The average Bonchev–Trinajstić information content (AvgIpc) is 2.43. The lowest BCUT2D eigenvalue weighted by Crippen LogP contribution is -2.30. The summed E-state index contributed by atoms with van der Waals surface area (Å²) in [6.45, 7) is -0.199. The van der Waals surface area contributed by atoms with E-state index in [1.54, 1.807) is 18.2 Å². The van der Waals surface area contributed by atoms with Crippen LogP contribution in [0.3, 0.4) is 0 Å². The van der Waals surface area contributed by atoms with Gasteiger partial charge in [0, 0.05) is 17.3 Å². The van der Waals surface area contributed by atoms with E-state index < -0.39 is 11.9 Å². The predicted molar refractivity (Wildman–Crippen MR) is 70.5 cm³/mol. The highest BCUT2D eigenvalue weighted by Gasteiger charge is 2.13. The minimum absolute atomic E-state index is 0.199. The molecule has 0 fully saturated rings. The van der Waals surface area contributed by atoms with Gasteiger partial charge in [0.25, 0.3) is 5.91 Å². The van der Waals surface area contributed by atoms with E-state index in [-0.39, 0.29) is 12.2 Å². The number of ether oxygens (including phenoxy) is 1. The first-order chi connectivity index (χ1) is 9.11. The number of fused-ring (bicyclic) bond motifs is 1. The third-order valence-electron chi connectivity index (χ3n) is 2.63. The van der Waals surface area contributed by atoms with E-state index in [2.05, 4.69) is 15.0 Å². The molecule has 0 unspecified atom stereocenters. The summed E-state index contributed by atoms with van der Waals surface area (Å²) in [5.74, 6) is -0.963. The summed E-state index contributed by atoms with van der Waals surface area (Å²) in [5, 5.41) is 3.94. The van der Waals surface area contributed by atoms with E-state index in [1.165, 1.54) is 13.3 Å². The smallest absolute Gasteiger partial charge is 0.325 e. The molecule has 2 aromatic rings. The van der Waals surface area contributed by atoms with Gasteiger partial charge >= 0.3 is 5.97 Å². The Labute approximate surface area is 109 Å². The summed E-state index contributed by atoms with van der Waals surface area (Å²) in [6, 6.07) is 7.02. The number of esters is 1. The number of methoxy groups -OCH3 is 1. The molecule has 98 valence electrons. The molecule has 1 aromatic carbocycles. The van der Waals surface area contributed by atoms with Crippen LogP contribution in [0.4, 0.5) is 5.69 Å². The second-order valence-electron chi connectivity index (χ2n) is 3.90. The van der Waals surface area contributed by atoms with Gasteiger partial charge in [0.15, 0.2) is 0 Å². The maximum Gasteiger partial charge on any atom is 0.325 e. The van der Waals surface area contributed by atoms with Gasteiger partial charge in [0.2, 0.25) is 0 Å². The summed E-state index contributed by atoms with van der Waals surface area (Å²) < 4.78 is 4.45. The maximum atomic E-state index is 12.0. The van der Waals surface area contributed by atoms with Crippen molar-refractivity contribution in [2.75, 3.05) is 19.4 Å². The van der Waals surface area contributed by atoms with Crippen molar-refractivity contribution in [3.63, 3.8) is 0 Å². The number of pyridine rings is 1. The monoisotopic (exact) mass is 259 g/mol. The lowest BCUT2D eigenvalue weighted by molar-refractivity contribution is -0.139. The number of carbonyl (C=O) groups excluding carboxylic acids is 2. The minimum Gasteiger partial charge on any atom is -0.468 e. The van der Waals surface area contributed by atoms with Gasteiger partial charge < -0.3 is 15.8 Å². The number of benzene rings is 1. The Kier molecular flexibility index (Phi) is 3.61. The zero-order chi connectivity index (χ0) is 13.8. The van der Waals surface area contributed by atoms with Gasteiger partial charge in [-0.2, -0.15) is 0 Å². The van der Waals surface area contributed by atoms with Crippen molar-refractivity contribution in [3.05, 3.63) is 36.2 Å². The van der Waals surface area contributed by atoms with Gasteiger partial charge in [0.1, 0.15) is 12.2 Å². The first-order valence-corrected chi connectivity index (χ1v) is 5.61. The van der Waals surface area contributed by atoms with Crippen LogP contribution >= 0.6 is 0 Å². The zero-order valence-corrected chi connectivity index (χ0v) is 10.3. The molecule has 2 rings (SSSR count). The van der Waals surface area contributed by atoms with Gasteiger partial charge in [-0.05, 0) is 23.6 Å². The van der Waals surface area contributed by atoms with Crippen LogP contribution in [0.5, 0.6) is 0 Å². The topological polar surface area (TPSA) is 94.3 Å². The van der Waals surface area contributed by atoms with Crippen molar-refractivity contribution in [2.24, 2.45) is 0 Å². The predicted octanol–water partition coefficient (Wildman–Crippen LogP) is 0.720. The molecule has 0 aliphatic rings. The molecule has 19 heavy (non-hydrogen) atoms. The molecule has 3 N–H and O–H groups in total. The van der Waals surface area contributed by atoms with Crippen molar-refractivity contribution in [2.45, 2.75) is 0 Å². The summed E-state index contributed by atoms with van der Waals surface area (Å²) in [4.78, 5) is 27.0. The Hall–Kier alpha value is -2.63. The van der Waals surface area contributed by atoms with Crippen LogP contribution in [0, 0.1) is 0 Å². The molecule has 0 bridgehead atoms. The Balaban J connectivity index is 2.31. The molecule has 0 spiro atoms. The molecular formula is C13H13N3O3. The van der Waals surface area contributed by atoms with E-state index >= 15 is 0 Å². The number of rotatable bonds is 3. The number of aromatic nitrogens is 1. The second-order valence-corrected chi connectivity index (χ2v) is 3.90. The summed E-state index contributed by atoms with van der Waals surface area (Å²) in [5.41, 5.74) is 6.48. The van der Waals surface area contributed by atoms with Crippen LogP contribution in [-0.4, -0.2) is 30.5 Å². The fourth-order valence-corrected chi connectivity index (χ4v) is 1.68. The highest BCUT2D eigenvalue weighted by atomic mass is 16.5. The Morgan fingerprint density at radius 1 is 1.37 bits per heavy atom. The Bertz CT molecular complexity index is 640. The van der Waals surface area contributed by atoms with Crippen LogP contribution in [-0.2, 0) is 9.53 Å². The van der Waals surface area contributed by atoms with Crippen LogP contribution in [0.25, 0.3) is 10.8 Å². The number of nitrogens with two attached hydrogens (primary N) is 1. The number of anilines is 1. The highest BCUT2D eigenvalue weighted by Crippen LogP contribution is 2.19. The second kappa shape index (κ2) is 5.34. The summed E-state index contributed by atoms with van der Waals surface area (Å²) in [7, 11) is 1.26.